The summed E-state index contributed by atoms with van der Waals surface area (Å²) in [5, 5.41) is 19.6. The van der Waals surface area contributed by atoms with Crippen molar-refractivity contribution in [2.45, 2.75) is 37.7 Å². The number of rotatable bonds is 3. The first-order valence-corrected chi connectivity index (χ1v) is 5.32. The molecular formula is C9H17N5O. The van der Waals surface area contributed by atoms with Gasteiger partial charge in [0.15, 0.2) is 0 Å². The third-order valence-corrected chi connectivity index (χ3v) is 2.86. The van der Waals surface area contributed by atoms with Crippen molar-refractivity contribution in [1.82, 2.24) is 15.2 Å². The summed E-state index contributed by atoms with van der Waals surface area (Å²) in [6, 6.07) is 0. The molecule has 0 aliphatic heterocycles. The predicted molar refractivity (Wildman–Crippen MR) is 57.3 cm³/mol. The van der Waals surface area contributed by atoms with E-state index in [9.17, 15) is 5.11 Å². The summed E-state index contributed by atoms with van der Waals surface area (Å²) >= 11 is 0. The zero-order valence-electron chi connectivity index (χ0n) is 8.66. The number of hydrogen-bond acceptors (Lipinski definition) is 5. The third-order valence-electron chi connectivity index (χ3n) is 2.86. The highest BCUT2D eigenvalue weighted by Crippen LogP contribution is 2.27. The molecule has 5 N–H and O–H groups in total. The predicted octanol–water partition coefficient (Wildman–Crippen LogP) is 0.494. The molecule has 1 aliphatic carbocycles. The van der Waals surface area contributed by atoms with Crippen LogP contribution in [0.25, 0.3) is 0 Å². The van der Waals surface area contributed by atoms with Crippen molar-refractivity contribution in [3.05, 3.63) is 0 Å². The van der Waals surface area contributed by atoms with Crippen molar-refractivity contribution in [1.29, 1.82) is 0 Å². The van der Waals surface area contributed by atoms with Crippen LogP contribution in [-0.2, 0) is 0 Å². The molecule has 0 unspecified atom stereocenters. The van der Waals surface area contributed by atoms with Crippen molar-refractivity contribution in [2.24, 2.45) is 0 Å². The van der Waals surface area contributed by atoms with E-state index in [-0.39, 0.29) is 5.95 Å². The highest BCUT2D eigenvalue weighted by Gasteiger charge is 2.29. The Hall–Kier alpha value is -1.30. The van der Waals surface area contributed by atoms with E-state index in [0.29, 0.717) is 12.5 Å². The van der Waals surface area contributed by atoms with Gasteiger partial charge >= 0.3 is 0 Å². The van der Waals surface area contributed by atoms with Crippen LogP contribution >= 0.6 is 0 Å². The van der Waals surface area contributed by atoms with Crippen molar-refractivity contribution in [3.63, 3.8) is 0 Å². The van der Waals surface area contributed by atoms with Crippen molar-refractivity contribution in [2.75, 3.05) is 17.6 Å². The van der Waals surface area contributed by atoms with Gasteiger partial charge < -0.3 is 16.2 Å². The number of aromatic amines is 1. The van der Waals surface area contributed by atoms with Crippen molar-refractivity contribution < 1.29 is 5.11 Å². The summed E-state index contributed by atoms with van der Waals surface area (Å²) in [7, 11) is 0. The lowest BCUT2D eigenvalue weighted by molar-refractivity contribution is 0.0166. The van der Waals surface area contributed by atoms with E-state index >= 15 is 0 Å². The monoisotopic (exact) mass is 211 g/mol. The Morgan fingerprint density at radius 3 is 2.73 bits per heavy atom. The average Bonchev–Trinajstić information content (AvgIpc) is 2.63. The van der Waals surface area contributed by atoms with Gasteiger partial charge in [0.1, 0.15) is 0 Å². The molecule has 1 heterocycles. The van der Waals surface area contributed by atoms with Gasteiger partial charge in [-0.1, -0.05) is 19.3 Å². The molecule has 1 aliphatic rings. The molecule has 15 heavy (non-hydrogen) atoms. The second kappa shape index (κ2) is 4.06. The largest absolute Gasteiger partial charge is 0.388 e. The molecule has 6 heteroatoms. The van der Waals surface area contributed by atoms with Crippen LogP contribution in [0, 0.1) is 0 Å². The molecule has 0 amide bonds. The summed E-state index contributed by atoms with van der Waals surface area (Å²) in [4.78, 5) is 3.92. The van der Waals surface area contributed by atoms with Crippen LogP contribution < -0.4 is 11.1 Å². The zero-order valence-corrected chi connectivity index (χ0v) is 8.66. The molecule has 0 radical (unpaired) electrons. The molecule has 0 atom stereocenters. The van der Waals surface area contributed by atoms with Gasteiger partial charge in [-0.15, -0.1) is 5.10 Å². The normalized spacial score (nSPS) is 20.1. The van der Waals surface area contributed by atoms with Crippen molar-refractivity contribution in [3.8, 4) is 0 Å². The van der Waals surface area contributed by atoms with E-state index in [1.165, 1.54) is 6.42 Å². The minimum absolute atomic E-state index is 0.285. The number of aliphatic hydroxyl groups is 1. The smallest absolute Gasteiger partial charge is 0.243 e. The average molecular weight is 211 g/mol. The zero-order chi connectivity index (χ0) is 10.7. The number of nitrogen functional groups attached to an aromatic ring is 1. The van der Waals surface area contributed by atoms with Gasteiger partial charge in [0.2, 0.25) is 11.9 Å². The Morgan fingerprint density at radius 1 is 1.40 bits per heavy atom. The van der Waals surface area contributed by atoms with Crippen LogP contribution in [0.5, 0.6) is 0 Å². The molecular weight excluding hydrogens is 194 g/mol. The molecule has 0 bridgehead atoms. The highest BCUT2D eigenvalue weighted by molar-refractivity contribution is 5.30. The number of H-pyrrole nitrogens is 1. The highest BCUT2D eigenvalue weighted by atomic mass is 16.3. The minimum atomic E-state index is -0.604. The Kier molecular flexibility index (Phi) is 2.77. The quantitative estimate of drug-likeness (QED) is 0.583. The topological polar surface area (TPSA) is 99.8 Å². The number of aromatic nitrogens is 3. The summed E-state index contributed by atoms with van der Waals surface area (Å²) in [6.07, 6.45) is 5.10. The van der Waals surface area contributed by atoms with Gasteiger partial charge in [-0.3, -0.25) is 0 Å². The number of anilines is 2. The molecule has 1 aromatic heterocycles. The first-order chi connectivity index (χ1) is 7.18. The SMILES string of the molecule is Nc1nc(NCC2(O)CCCCC2)n[nH]1. The molecule has 0 aromatic carbocycles. The standard InChI is InChI=1S/C9H17N5O/c10-7-12-8(14-13-7)11-6-9(15)4-2-1-3-5-9/h15H,1-6H2,(H4,10,11,12,13,14). The lowest BCUT2D eigenvalue weighted by Crippen LogP contribution is -2.39. The summed E-state index contributed by atoms with van der Waals surface area (Å²) in [6.45, 7) is 0.490. The number of nitrogens with zero attached hydrogens (tertiary/aromatic N) is 2. The fraction of sp³-hybridized carbons (Fsp3) is 0.778. The second-order valence-electron chi connectivity index (χ2n) is 4.18. The van der Waals surface area contributed by atoms with Crippen LogP contribution in [0.4, 0.5) is 11.9 Å². The Labute approximate surface area is 88.3 Å². The van der Waals surface area contributed by atoms with E-state index in [1.807, 2.05) is 0 Å². The first kappa shape index (κ1) is 10.2. The Morgan fingerprint density at radius 2 is 2.13 bits per heavy atom. The molecule has 0 spiro atoms. The summed E-state index contributed by atoms with van der Waals surface area (Å²) in [5.41, 5.74) is 4.79. The summed E-state index contributed by atoms with van der Waals surface area (Å²) < 4.78 is 0. The van der Waals surface area contributed by atoms with Gasteiger partial charge in [0.05, 0.1) is 5.60 Å². The van der Waals surface area contributed by atoms with Gasteiger partial charge in [0, 0.05) is 6.54 Å². The van der Waals surface area contributed by atoms with Gasteiger partial charge in [-0.25, -0.2) is 5.10 Å². The minimum Gasteiger partial charge on any atom is -0.388 e. The maximum Gasteiger partial charge on any atom is 0.243 e. The summed E-state index contributed by atoms with van der Waals surface area (Å²) in [5.74, 6) is 0.736. The fourth-order valence-corrected chi connectivity index (χ4v) is 1.98. The molecule has 0 saturated heterocycles. The number of hydrogen-bond donors (Lipinski definition) is 4. The van der Waals surface area contributed by atoms with E-state index in [4.69, 9.17) is 5.73 Å². The van der Waals surface area contributed by atoms with Crippen LogP contribution in [0.2, 0.25) is 0 Å². The van der Waals surface area contributed by atoms with Crippen LogP contribution in [-0.4, -0.2) is 32.4 Å². The lowest BCUT2D eigenvalue weighted by Gasteiger charge is -2.31. The van der Waals surface area contributed by atoms with Crippen LogP contribution in [0.3, 0.4) is 0 Å². The number of nitrogens with two attached hydrogens (primary N) is 1. The lowest BCUT2D eigenvalue weighted by atomic mass is 9.85. The Bertz CT molecular complexity index is 318. The third kappa shape index (κ3) is 2.59. The maximum atomic E-state index is 10.2. The van der Waals surface area contributed by atoms with Gasteiger partial charge in [0.25, 0.3) is 0 Å². The Balaban J connectivity index is 1.86. The fourth-order valence-electron chi connectivity index (χ4n) is 1.98. The molecule has 84 valence electrons. The maximum absolute atomic E-state index is 10.2. The van der Waals surface area contributed by atoms with E-state index in [0.717, 1.165) is 25.7 Å². The van der Waals surface area contributed by atoms with Gasteiger partial charge in [-0.2, -0.15) is 4.98 Å². The second-order valence-corrected chi connectivity index (χ2v) is 4.18. The molecule has 1 aromatic rings. The molecule has 6 nitrogen and oxygen atoms in total. The number of nitrogens with one attached hydrogen (secondary N) is 2. The van der Waals surface area contributed by atoms with E-state index < -0.39 is 5.60 Å². The van der Waals surface area contributed by atoms with E-state index in [2.05, 4.69) is 20.5 Å². The molecule has 1 fully saturated rings. The van der Waals surface area contributed by atoms with Gasteiger partial charge in [-0.05, 0) is 12.8 Å². The van der Waals surface area contributed by atoms with Crippen LogP contribution in [0.15, 0.2) is 0 Å². The molecule has 2 rings (SSSR count). The van der Waals surface area contributed by atoms with E-state index in [1.54, 1.807) is 0 Å². The molecule has 1 saturated carbocycles. The first-order valence-electron chi connectivity index (χ1n) is 5.32. The van der Waals surface area contributed by atoms with Crippen molar-refractivity contribution >= 4 is 11.9 Å². The van der Waals surface area contributed by atoms with Crippen LogP contribution in [0.1, 0.15) is 32.1 Å².